The number of likely N-dealkylation sites (N-methyl/N-ethyl adjacent to an activating group) is 1. The van der Waals surface area contributed by atoms with Gasteiger partial charge in [0.2, 0.25) is 5.91 Å². The number of anilines is 1. The number of rotatable bonds is 3. The minimum Gasteiger partial charge on any atom is -0.356 e. The maximum absolute atomic E-state index is 13.1. The molecule has 0 saturated carbocycles. The van der Waals surface area contributed by atoms with Gasteiger partial charge in [0.25, 0.3) is 0 Å². The second kappa shape index (κ2) is 8.96. The van der Waals surface area contributed by atoms with Crippen LogP contribution in [0.3, 0.4) is 0 Å². The third-order valence-electron chi connectivity index (χ3n) is 6.96. The van der Waals surface area contributed by atoms with Crippen molar-refractivity contribution in [3.63, 3.8) is 0 Å². The number of carbonyl (C=O) groups is 1. The maximum Gasteiger partial charge on any atom is 0.227 e. The molecule has 1 aromatic rings. The van der Waals surface area contributed by atoms with Crippen molar-refractivity contribution in [2.75, 3.05) is 64.3 Å². The smallest absolute Gasteiger partial charge is 0.227 e. The quantitative estimate of drug-likeness (QED) is 0.767. The van der Waals surface area contributed by atoms with Gasteiger partial charge in [0, 0.05) is 63.6 Å². The number of piperazine rings is 1. The molecule has 7 heteroatoms. The molecule has 0 spiro atoms. The number of nitrogens with zero attached hydrogens (tertiary/aromatic N) is 6. The molecule has 160 valence electrons. The standard InChI is InChI=1S/C22H36N6O/c1-17-15-23-18(2)24-21(17)26-9-6-20(7-10-26)28-8-4-5-19(16-28)22(29)27-13-11-25(3)12-14-27/h15,19-20H,4-14,16H2,1-3H3/t19-/m1/s1. The van der Waals surface area contributed by atoms with Crippen molar-refractivity contribution in [1.29, 1.82) is 0 Å². The molecular formula is C22H36N6O. The number of likely N-dealkylation sites (tertiary alicyclic amines) is 1. The molecule has 0 aliphatic carbocycles. The van der Waals surface area contributed by atoms with Crippen LogP contribution in [0.2, 0.25) is 0 Å². The van der Waals surface area contributed by atoms with Crippen LogP contribution in [0.4, 0.5) is 5.82 Å². The van der Waals surface area contributed by atoms with E-state index in [0.29, 0.717) is 11.9 Å². The Morgan fingerprint density at radius 3 is 2.45 bits per heavy atom. The summed E-state index contributed by atoms with van der Waals surface area (Å²) in [4.78, 5) is 31.5. The first kappa shape index (κ1) is 20.5. The van der Waals surface area contributed by atoms with Crippen molar-refractivity contribution in [2.45, 2.75) is 45.6 Å². The van der Waals surface area contributed by atoms with Gasteiger partial charge in [0.15, 0.2) is 0 Å². The molecule has 29 heavy (non-hydrogen) atoms. The maximum atomic E-state index is 13.1. The van der Waals surface area contributed by atoms with Crippen LogP contribution in [0.5, 0.6) is 0 Å². The Balaban J connectivity index is 1.31. The number of hydrogen-bond acceptors (Lipinski definition) is 6. The first-order valence-electron chi connectivity index (χ1n) is 11.3. The third-order valence-corrected chi connectivity index (χ3v) is 6.96. The van der Waals surface area contributed by atoms with Crippen LogP contribution in [-0.4, -0.2) is 96.0 Å². The second-order valence-electron chi connectivity index (χ2n) is 9.10. The highest BCUT2D eigenvalue weighted by Gasteiger charge is 2.34. The van der Waals surface area contributed by atoms with E-state index >= 15 is 0 Å². The highest BCUT2D eigenvalue weighted by atomic mass is 16.2. The van der Waals surface area contributed by atoms with Crippen molar-refractivity contribution in [3.8, 4) is 0 Å². The van der Waals surface area contributed by atoms with Crippen molar-refractivity contribution in [1.82, 2.24) is 24.7 Å². The van der Waals surface area contributed by atoms with Crippen LogP contribution in [0.25, 0.3) is 0 Å². The van der Waals surface area contributed by atoms with Gasteiger partial charge in [0.1, 0.15) is 11.6 Å². The SMILES string of the molecule is Cc1ncc(C)c(N2CCC(N3CCC[C@@H](C(=O)N4CCN(C)CC4)C3)CC2)n1. The number of hydrogen-bond donors (Lipinski definition) is 0. The van der Waals surface area contributed by atoms with E-state index in [0.717, 1.165) is 95.2 Å². The minimum atomic E-state index is 0.192. The molecule has 3 aliphatic rings. The van der Waals surface area contributed by atoms with Gasteiger partial charge in [-0.05, 0) is 53.1 Å². The zero-order valence-electron chi connectivity index (χ0n) is 18.3. The molecular weight excluding hydrogens is 364 g/mol. The summed E-state index contributed by atoms with van der Waals surface area (Å²) in [5, 5.41) is 0. The summed E-state index contributed by atoms with van der Waals surface area (Å²) in [6, 6.07) is 0.595. The Morgan fingerprint density at radius 2 is 1.72 bits per heavy atom. The fraction of sp³-hybridized carbons (Fsp3) is 0.773. The summed E-state index contributed by atoms with van der Waals surface area (Å²) >= 11 is 0. The summed E-state index contributed by atoms with van der Waals surface area (Å²) in [7, 11) is 2.14. The predicted molar refractivity (Wildman–Crippen MR) is 115 cm³/mol. The molecule has 1 aromatic heterocycles. The molecule has 0 N–H and O–H groups in total. The topological polar surface area (TPSA) is 55.8 Å². The monoisotopic (exact) mass is 400 g/mol. The van der Waals surface area contributed by atoms with E-state index in [1.54, 1.807) is 0 Å². The Kier molecular flexibility index (Phi) is 6.35. The molecule has 0 radical (unpaired) electrons. The highest BCUT2D eigenvalue weighted by molar-refractivity contribution is 5.79. The molecule has 7 nitrogen and oxygen atoms in total. The highest BCUT2D eigenvalue weighted by Crippen LogP contribution is 2.27. The van der Waals surface area contributed by atoms with Crippen LogP contribution in [0.1, 0.15) is 37.1 Å². The van der Waals surface area contributed by atoms with Crippen molar-refractivity contribution in [2.24, 2.45) is 5.92 Å². The van der Waals surface area contributed by atoms with Crippen LogP contribution >= 0.6 is 0 Å². The van der Waals surface area contributed by atoms with Crippen LogP contribution in [0.15, 0.2) is 6.20 Å². The van der Waals surface area contributed by atoms with Crippen LogP contribution in [-0.2, 0) is 4.79 Å². The second-order valence-corrected chi connectivity index (χ2v) is 9.10. The lowest BCUT2D eigenvalue weighted by Gasteiger charge is -2.43. The van der Waals surface area contributed by atoms with Crippen LogP contribution < -0.4 is 4.90 Å². The Hall–Kier alpha value is -1.73. The number of aryl methyl sites for hydroxylation is 2. The van der Waals surface area contributed by atoms with Gasteiger partial charge in [-0.1, -0.05) is 0 Å². The summed E-state index contributed by atoms with van der Waals surface area (Å²) in [5.41, 5.74) is 1.16. The lowest BCUT2D eigenvalue weighted by atomic mass is 9.92. The molecule has 1 atom stereocenters. The fourth-order valence-corrected chi connectivity index (χ4v) is 5.11. The summed E-state index contributed by atoms with van der Waals surface area (Å²) in [6.45, 7) is 12.0. The molecule has 0 aromatic carbocycles. The zero-order chi connectivity index (χ0) is 20.4. The van der Waals surface area contributed by atoms with Crippen molar-refractivity contribution in [3.05, 3.63) is 17.6 Å². The average Bonchev–Trinajstić information content (AvgIpc) is 2.76. The Bertz CT molecular complexity index is 709. The number of amides is 1. The third kappa shape index (κ3) is 4.72. The van der Waals surface area contributed by atoms with E-state index in [9.17, 15) is 4.79 Å². The lowest BCUT2D eigenvalue weighted by molar-refractivity contribution is -0.139. The summed E-state index contributed by atoms with van der Waals surface area (Å²) in [6.07, 6.45) is 6.44. The number of carbonyl (C=O) groups excluding carboxylic acids is 1. The zero-order valence-corrected chi connectivity index (χ0v) is 18.3. The molecule has 3 saturated heterocycles. The molecule has 0 unspecified atom stereocenters. The normalized spacial score (nSPS) is 25.4. The summed E-state index contributed by atoms with van der Waals surface area (Å²) < 4.78 is 0. The molecule has 3 fully saturated rings. The Morgan fingerprint density at radius 1 is 1.00 bits per heavy atom. The number of aromatic nitrogens is 2. The average molecular weight is 401 g/mol. The molecule has 4 rings (SSSR count). The van der Waals surface area contributed by atoms with Crippen LogP contribution in [0, 0.1) is 19.8 Å². The van der Waals surface area contributed by atoms with Gasteiger partial charge < -0.3 is 14.7 Å². The van der Waals surface area contributed by atoms with Gasteiger partial charge in [-0.3, -0.25) is 9.69 Å². The molecule has 3 aliphatic heterocycles. The van der Waals surface area contributed by atoms with Gasteiger partial charge >= 0.3 is 0 Å². The molecule has 0 bridgehead atoms. The van der Waals surface area contributed by atoms with Gasteiger partial charge in [-0.15, -0.1) is 0 Å². The van der Waals surface area contributed by atoms with Crippen molar-refractivity contribution < 1.29 is 4.79 Å². The van der Waals surface area contributed by atoms with E-state index in [2.05, 4.69) is 43.5 Å². The number of piperidine rings is 2. The fourth-order valence-electron chi connectivity index (χ4n) is 5.11. The predicted octanol–water partition coefficient (Wildman–Crippen LogP) is 1.55. The van der Waals surface area contributed by atoms with Gasteiger partial charge in [-0.25, -0.2) is 9.97 Å². The van der Waals surface area contributed by atoms with E-state index in [-0.39, 0.29) is 5.92 Å². The molecule has 1 amide bonds. The van der Waals surface area contributed by atoms with Gasteiger partial charge in [0.05, 0.1) is 5.92 Å². The van der Waals surface area contributed by atoms with E-state index < -0.39 is 0 Å². The largest absolute Gasteiger partial charge is 0.356 e. The molecule has 4 heterocycles. The minimum absolute atomic E-state index is 0.192. The lowest BCUT2D eigenvalue weighted by Crippen LogP contribution is -2.54. The van der Waals surface area contributed by atoms with E-state index in [4.69, 9.17) is 0 Å². The van der Waals surface area contributed by atoms with E-state index in [1.165, 1.54) is 0 Å². The van der Waals surface area contributed by atoms with Crippen molar-refractivity contribution >= 4 is 11.7 Å². The first-order valence-corrected chi connectivity index (χ1v) is 11.3. The first-order chi connectivity index (χ1) is 14.0. The Labute approximate surface area is 175 Å². The van der Waals surface area contributed by atoms with Gasteiger partial charge in [-0.2, -0.15) is 0 Å². The summed E-state index contributed by atoms with van der Waals surface area (Å²) in [5.74, 6) is 2.52. The van der Waals surface area contributed by atoms with E-state index in [1.807, 2.05) is 13.1 Å².